The van der Waals surface area contributed by atoms with Crippen molar-refractivity contribution in [2.24, 2.45) is 12.5 Å². The highest BCUT2D eigenvalue weighted by atomic mass is 19.1. The Kier molecular flexibility index (Phi) is 5.02. The van der Waals surface area contributed by atoms with Gasteiger partial charge in [0.25, 0.3) is 0 Å². The summed E-state index contributed by atoms with van der Waals surface area (Å²) in [6.45, 7) is 0. The van der Waals surface area contributed by atoms with Crippen LogP contribution in [0.5, 0.6) is 0 Å². The molecule has 3 rings (SSSR count). The second-order valence-corrected chi connectivity index (χ2v) is 6.97. The van der Waals surface area contributed by atoms with Gasteiger partial charge in [0, 0.05) is 19.3 Å². The van der Waals surface area contributed by atoms with Crippen molar-refractivity contribution in [1.82, 2.24) is 4.57 Å². The fourth-order valence-corrected chi connectivity index (χ4v) is 3.68. The van der Waals surface area contributed by atoms with Crippen molar-refractivity contribution in [3.63, 3.8) is 0 Å². The molecule has 0 radical (unpaired) electrons. The van der Waals surface area contributed by atoms with Crippen LogP contribution in [0.2, 0.25) is 0 Å². The first kappa shape index (κ1) is 17.4. The van der Waals surface area contributed by atoms with Crippen LogP contribution >= 0.6 is 0 Å². The average Bonchev–Trinajstić information content (AvgIpc) is 2.59. The Balaban J connectivity index is 1.84. The first-order valence-corrected chi connectivity index (χ1v) is 8.71. The number of nitrogens with zero attached hydrogens (tertiary/aromatic N) is 1. The third-order valence-corrected chi connectivity index (χ3v) is 5.07. The number of rotatable bonds is 4. The van der Waals surface area contributed by atoms with Gasteiger partial charge in [0.05, 0.1) is 11.1 Å². The lowest BCUT2D eigenvalue weighted by Crippen LogP contribution is -2.40. The van der Waals surface area contributed by atoms with Gasteiger partial charge in [0.2, 0.25) is 11.5 Å². The molecule has 0 unspecified atom stereocenters. The fraction of sp³-hybridized carbons (Fsp3) is 0.400. The molecule has 1 amide bonds. The highest BCUT2D eigenvalue weighted by Gasteiger charge is 2.39. The Bertz CT molecular complexity index is 822. The van der Waals surface area contributed by atoms with E-state index in [-0.39, 0.29) is 17.3 Å². The van der Waals surface area contributed by atoms with Crippen LogP contribution in [-0.4, -0.2) is 10.5 Å². The van der Waals surface area contributed by atoms with Crippen molar-refractivity contribution in [1.29, 1.82) is 0 Å². The maximum absolute atomic E-state index is 13.5. The zero-order chi connectivity index (χ0) is 17.9. The van der Waals surface area contributed by atoms with Crippen LogP contribution < -0.4 is 10.9 Å². The van der Waals surface area contributed by atoms with E-state index in [0.29, 0.717) is 12.1 Å². The molecule has 2 aromatic rings. The van der Waals surface area contributed by atoms with Crippen LogP contribution in [0.15, 0.2) is 47.4 Å². The number of aryl methyl sites for hydroxylation is 1. The first-order chi connectivity index (χ1) is 12.0. The predicted molar refractivity (Wildman–Crippen MR) is 95.9 cm³/mol. The molecule has 1 fully saturated rings. The minimum absolute atomic E-state index is 0.0462. The van der Waals surface area contributed by atoms with E-state index < -0.39 is 5.41 Å². The van der Waals surface area contributed by atoms with E-state index in [1.54, 1.807) is 25.4 Å². The standard InChI is InChI=1S/C20H23FN2O2/c1-23-14-17(8-9-18(23)24)22-19(25)20(10-3-2-4-11-20)13-15-6-5-7-16(21)12-15/h5-9,12,14H,2-4,10-11,13H2,1H3,(H,22,25). The maximum Gasteiger partial charge on any atom is 0.250 e. The molecule has 1 aromatic carbocycles. The number of nitrogens with one attached hydrogen (secondary N) is 1. The van der Waals surface area contributed by atoms with E-state index in [1.165, 1.54) is 22.8 Å². The molecule has 1 heterocycles. The molecule has 132 valence electrons. The minimum Gasteiger partial charge on any atom is -0.324 e. The molecule has 4 nitrogen and oxygen atoms in total. The van der Waals surface area contributed by atoms with Gasteiger partial charge in [0.1, 0.15) is 5.82 Å². The summed E-state index contributed by atoms with van der Waals surface area (Å²) in [6, 6.07) is 9.55. The third-order valence-electron chi connectivity index (χ3n) is 5.07. The second-order valence-electron chi connectivity index (χ2n) is 6.97. The third kappa shape index (κ3) is 3.98. The topological polar surface area (TPSA) is 51.1 Å². The lowest BCUT2D eigenvalue weighted by atomic mass is 9.69. The van der Waals surface area contributed by atoms with Gasteiger partial charge in [-0.15, -0.1) is 0 Å². The number of amides is 1. The van der Waals surface area contributed by atoms with E-state index in [1.807, 2.05) is 6.07 Å². The van der Waals surface area contributed by atoms with Gasteiger partial charge in [-0.25, -0.2) is 4.39 Å². The summed E-state index contributed by atoms with van der Waals surface area (Å²) in [5.74, 6) is -0.322. The number of hydrogen-bond acceptors (Lipinski definition) is 2. The lowest BCUT2D eigenvalue weighted by Gasteiger charge is -2.36. The van der Waals surface area contributed by atoms with Crippen LogP contribution in [0, 0.1) is 11.2 Å². The molecule has 0 bridgehead atoms. The van der Waals surface area contributed by atoms with Crippen LogP contribution in [0.3, 0.4) is 0 Å². The number of pyridine rings is 1. The van der Waals surface area contributed by atoms with Gasteiger partial charge in [-0.2, -0.15) is 0 Å². The number of aromatic nitrogens is 1. The summed E-state index contributed by atoms with van der Waals surface area (Å²) in [7, 11) is 1.65. The first-order valence-electron chi connectivity index (χ1n) is 8.71. The molecule has 1 N–H and O–H groups in total. The smallest absolute Gasteiger partial charge is 0.250 e. The molecule has 0 aliphatic heterocycles. The average molecular weight is 342 g/mol. The number of carbonyl (C=O) groups excluding carboxylic acids is 1. The van der Waals surface area contributed by atoms with Crippen molar-refractivity contribution in [2.45, 2.75) is 38.5 Å². The highest BCUT2D eigenvalue weighted by molar-refractivity contribution is 5.95. The van der Waals surface area contributed by atoms with Crippen molar-refractivity contribution in [3.05, 3.63) is 64.3 Å². The number of anilines is 1. The summed E-state index contributed by atoms with van der Waals surface area (Å²) in [6.07, 6.45) is 6.85. The Morgan fingerprint density at radius 1 is 1.20 bits per heavy atom. The van der Waals surface area contributed by atoms with Crippen LogP contribution in [-0.2, 0) is 18.3 Å². The van der Waals surface area contributed by atoms with E-state index in [0.717, 1.165) is 37.7 Å². The summed E-state index contributed by atoms with van der Waals surface area (Å²) in [4.78, 5) is 24.6. The van der Waals surface area contributed by atoms with Crippen LogP contribution in [0.25, 0.3) is 0 Å². The number of halogens is 1. The Hall–Kier alpha value is -2.43. The summed E-state index contributed by atoms with van der Waals surface area (Å²) in [5.41, 5.74) is 0.805. The molecular weight excluding hydrogens is 319 g/mol. The fourth-order valence-electron chi connectivity index (χ4n) is 3.68. The SMILES string of the molecule is Cn1cc(NC(=O)C2(Cc3cccc(F)c3)CCCCC2)ccc1=O. The van der Waals surface area contributed by atoms with Gasteiger partial charge in [-0.1, -0.05) is 31.4 Å². The summed E-state index contributed by atoms with van der Waals surface area (Å²) in [5, 5.41) is 2.96. The molecule has 0 saturated heterocycles. The monoisotopic (exact) mass is 342 g/mol. The van der Waals surface area contributed by atoms with Gasteiger partial charge < -0.3 is 9.88 Å². The van der Waals surface area contributed by atoms with Gasteiger partial charge in [-0.3, -0.25) is 9.59 Å². The van der Waals surface area contributed by atoms with Crippen LogP contribution in [0.1, 0.15) is 37.7 Å². The van der Waals surface area contributed by atoms with Crippen molar-refractivity contribution < 1.29 is 9.18 Å². The molecule has 1 aliphatic rings. The Morgan fingerprint density at radius 2 is 1.96 bits per heavy atom. The number of benzene rings is 1. The molecular formula is C20H23FN2O2. The Labute approximate surface area is 146 Å². The van der Waals surface area contributed by atoms with Gasteiger partial charge >= 0.3 is 0 Å². The normalized spacial score (nSPS) is 16.4. The quantitative estimate of drug-likeness (QED) is 0.922. The zero-order valence-corrected chi connectivity index (χ0v) is 14.4. The van der Waals surface area contributed by atoms with E-state index >= 15 is 0 Å². The van der Waals surface area contributed by atoms with Crippen LogP contribution in [0.4, 0.5) is 10.1 Å². The van der Waals surface area contributed by atoms with Crippen molar-refractivity contribution in [2.75, 3.05) is 5.32 Å². The molecule has 0 spiro atoms. The minimum atomic E-state index is -0.527. The summed E-state index contributed by atoms with van der Waals surface area (Å²) >= 11 is 0. The molecule has 25 heavy (non-hydrogen) atoms. The van der Waals surface area contributed by atoms with Gasteiger partial charge in [0.15, 0.2) is 0 Å². The van der Waals surface area contributed by atoms with Crippen molar-refractivity contribution in [3.8, 4) is 0 Å². The van der Waals surface area contributed by atoms with E-state index in [9.17, 15) is 14.0 Å². The lowest BCUT2D eigenvalue weighted by molar-refractivity contribution is -0.127. The Morgan fingerprint density at radius 3 is 2.64 bits per heavy atom. The molecule has 1 saturated carbocycles. The number of hydrogen-bond donors (Lipinski definition) is 1. The molecule has 0 atom stereocenters. The highest BCUT2D eigenvalue weighted by Crippen LogP contribution is 2.40. The molecule has 1 aliphatic carbocycles. The largest absolute Gasteiger partial charge is 0.324 e. The van der Waals surface area contributed by atoms with Gasteiger partial charge in [-0.05, 0) is 43.0 Å². The maximum atomic E-state index is 13.5. The molecule has 1 aromatic heterocycles. The second kappa shape index (κ2) is 7.21. The summed E-state index contributed by atoms with van der Waals surface area (Å²) < 4.78 is 15.0. The van der Waals surface area contributed by atoms with E-state index in [4.69, 9.17) is 0 Å². The number of carbonyl (C=O) groups is 1. The van der Waals surface area contributed by atoms with Crippen molar-refractivity contribution >= 4 is 11.6 Å². The molecule has 5 heteroatoms. The zero-order valence-electron chi connectivity index (χ0n) is 14.4. The van der Waals surface area contributed by atoms with E-state index in [2.05, 4.69) is 5.32 Å². The predicted octanol–water partition coefficient (Wildman–Crippen LogP) is 3.66.